The molecule has 2 nitrogen and oxygen atoms in total. The van der Waals surface area contributed by atoms with Gasteiger partial charge in [-0.2, -0.15) is 11.8 Å². The molecule has 0 atom stereocenters. The molecule has 0 saturated heterocycles. The Labute approximate surface area is 84.1 Å². The molecule has 0 aliphatic rings. The average Bonchev–Trinajstić information content (AvgIpc) is 2.54. The highest BCUT2D eigenvalue weighted by atomic mass is 32.2. The van der Waals surface area contributed by atoms with Crippen LogP contribution in [0.25, 0.3) is 0 Å². The summed E-state index contributed by atoms with van der Waals surface area (Å²) in [6, 6.07) is 4.10. The summed E-state index contributed by atoms with van der Waals surface area (Å²) < 4.78 is 5.59. The van der Waals surface area contributed by atoms with Gasteiger partial charge in [0.25, 0.3) is 0 Å². The van der Waals surface area contributed by atoms with Gasteiger partial charge in [-0.05, 0) is 31.4 Å². The largest absolute Gasteiger partial charge is 0.464 e. The maximum atomic E-state index is 5.59. The van der Waals surface area contributed by atoms with Crippen LogP contribution in [-0.4, -0.2) is 12.8 Å². The van der Waals surface area contributed by atoms with Gasteiger partial charge in [0.15, 0.2) is 0 Å². The standard InChI is InChI=1S/C10H17NOS/c1-3-6-13-8-10-5-4-9(12-10)7-11-2/h4-5,11H,3,6-8H2,1-2H3. The smallest absolute Gasteiger partial charge is 0.117 e. The van der Waals surface area contributed by atoms with E-state index in [4.69, 9.17) is 4.42 Å². The summed E-state index contributed by atoms with van der Waals surface area (Å²) in [5.74, 6) is 4.32. The van der Waals surface area contributed by atoms with Crippen LogP contribution >= 0.6 is 11.8 Å². The van der Waals surface area contributed by atoms with Crippen LogP contribution in [0.1, 0.15) is 24.9 Å². The molecular formula is C10H17NOS. The lowest BCUT2D eigenvalue weighted by atomic mass is 10.4. The molecule has 0 unspecified atom stereocenters. The van der Waals surface area contributed by atoms with E-state index in [-0.39, 0.29) is 0 Å². The molecule has 13 heavy (non-hydrogen) atoms. The van der Waals surface area contributed by atoms with E-state index in [2.05, 4.69) is 18.3 Å². The molecule has 0 radical (unpaired) electrons. The van der Waals surface area contributed by atoms with E-state index in [1.165, 1.54) is 12.2 Å². The van der Waals surface area contributed by atoms with E-state index >= 15 is 0 Å². The highest BCUT2D eigenvalue weighted by Gasteiger charge is 2.00. The second-order valence-corrected chi connectivity index (χ2v) is 4.06. The van der Waals surface area contributed by atoms with Crippen molar-refractivity contribution >= 4 is 11.8 Å². The van der Waals surface area contributed by atoms with Crippen LogP contribution in [0, 0.1) is 0 Å². The topological polar surface area (TPSA) is 25.2 Å². The molecule has 3 heteroatoms. The molecule has 0 saturated carbocycles. The maximum absolute atomic E-state index is 5.59. The zero-order valence-corrected chi connectivity index (χ0v) is 9.12. The summed E-state index contributed by atoms with van der Waals surface area (Å²) >= 11 is 1.92. The van der Waals surface area contributed by atoms with E-state index < -0.39 is 0 Å². The van der Waals surface area contributed by atoms with Crippen LogP contribution in [0.5, 0.6) is 0 Å². The second kappa shape index (κ2) is 6.11. The Kier molecular flexibility index (Phi) is 5.01. The minimum absolute atomic E-state index is 0.818. The first-order valence-electron chi connectivity index (χ1n) is 4.66. The van der Waals surface area contributed by atoms with Gasteiger partial charge in [-0.15, -0.1) is 0 Å². The van der Waals surface area contributed by atoms with Crippen molar-refractivity contribution in [1.29, 1.82) is 0 Å². The van der Waals surface area contributed by atoms with Crippen LogP contribution < -0.4 is 5.32 Å². The number of hydrogen-bond acceptors (Lipinski definition) is 3. The molecule has 0 aromatic carbocycles. The minimum atomic E-state index is 0.818. The van der Waals surface area contributed by atoms with Gasteiger partial charge in [0.2, 0.25) is 0 Å². The van der Waals surface area contributed by atoms with Crippen molar-refractivity contribution in [1.82, 2.24) is 5.32 Å². The van der Waals surface area contributed by atoms with E-state index in [0.29, 0.717) is 0 Å². The Hall–Kier alpha value is -0.410. The molecule has 0 aliphatic carbocycles. The third-order valence-corrected chi connectivity index (χ3v) is 2.85. The first-order chi connectivity index (χ1) is 6.36. The number of thioether (sulfide) groups is 1. The maximum Gasteiger partial charge on any atom is 0.117 e. The SMILES string of the molecule is CCCSCc1ccc(CNC)o1. The third-order valence-electron chi connectivity index (χ3n) is 1.66. The normalized spacial score (nSPS) is 10.6. The van der Waals surface area contributed by atoms with Crippen LogP contribution in [0.3, 0.4) is 0 Å². The van der Waals surface area contributed by atoms with Crippen molar-refractivity contribution in [3.63, 3.8) is 0 Å². The molecular weight excluding hydrogens is 182 g/mol. The van der Waals surface area contributed by atoms with Crippen LogP contribution in [0.2, 0.25) is 0 Å². The van der Waals surface area contributed by atoms with E-state index in [0.717, 1.165) is 23.8 Å². The van der Waals surface area contributed by atoms with Crippen molar-refractivity contribution < 1.29 is 4.42 Å². The van der Waals surface area contributed by atoms with Crippen LogP contribution in [0.15, 0.2) is 16.5 Å². The molecule has 1 heterocycles. The van der Waals surface area contributed by atoms with Crippen molar-refractivity contribution in [3.05, 3.63) is 23.7 Å². The predicted molar refractivity (Wildman–Crippen MR) is 57.9 cm³/mol. The lowest BCUT2D eigenvalue weighted by Gasteiger charge is -1.96. The monoisotopic (exact) mass is 199 g/mol. The fraction of sp³-hybridized carbons (Fsp3) is 0.600. The third kappa shape index (κ3) is 3.87. The lowest BCUT2D eigenvalue weighted by Crippen LogP contribution is -2.03. The number of nitrogens with one attached hydrogen (secondary N) is 1. The molecule has 1 aromatic rings. The molecule has 0 aliphatic heterocycles. The molecule has 0 spiro atoms. The van der Waals surface area contributed by atoms with Crippen molar-refractivity contribution in [2.75, 3.05) is 12.8 Å². The van der Waals surface area contributed by atoms with Crippen LogP contribution in [-0.2, 0) is 12.3 Å². The van der Waals surface area contributed by atoms with Crippen molar-refractivity contribution in [2.24, 2.45) is 0 Å². The molecule has 1 rings (SSSR count). The van der Waals surface area contributed by atoms with E-state index in [1.807, 2.05) is 24.9 Å². The number of rotatable bonds is 6. The Morgan fingerprint density at radius 2 is 2.15 bits per heavy atom. The highest BCUT2D eigenvalue weighted by Crippen LogP contribution is 2.15. The number of hydrogen-bond donors (Lipinski definition) is 1. The average molecular weight is 199 g/mol. The first-order valence-corrected chi connectivity index (χ1v) is 5.82. The summed E-state index contributed by atoms with van der Waals surface area (Å²) in [5, 5.41) is 3.06. The van der Waals surface area contributed by atoms with Gasteiger partial charge in [0, 0.05) is 0 Å². The summed E-state index contributed by atoms with van der Waals surface area (Å²) in [6.45, 7) is 3.01. The predicted octanol–water partition coefficient (Wildman–Crippen LogP) is 2.64. The minimum Gasteiger partial charge on any atom is -0.464 e. The van der Waals surface area contributed by atoms with Gasteiger partial charge >= 0.3 is 0 Å². The molecule has 74 valence electrons. The Bertz CT molecular complexity index is 235. The quantitative estimate of drug-likeness (QED) is 0.713. The first kappa shape index (κ1) is 10.7. The molecule has 1 N–H and O–H groups in total. The fourth-order valence-electron chi connectivity index (χ4n) is 1.09. The molecule has 1 aromatic heterocycles. The lowest BCUT2D eigenvalue weighted by molar-refractivity contribution is 0.469. The van der Waals surface area contributed by atoms with E-state index in [1.54, 1.807) is 0 Å². The van der Waals surface area contributed by atoms with Gasteiger partial charge in [-0.3, -0.25) is 0 Å². The zero-order valence-electron chi connectivity index (χ0n) is 8.30. The van der Waals surface area contributed by atoms with Gasteiger partial charge in [0.05, 0.1) is 12.3 Å². The Morgan fingerprint density at radius 1 is 1.38 bits per heavy atom. The van der Waals surface area contributed by atoms with E-state index in [9.17, 15) is 0 Å². The van der Waals surface area contributed by atoms with Gasteiger partial charge in [-0.1, -0.05) is 6.92 Å². The fourth-order valence-corrected chi connectivity index (χ4v) is 1.88. The Morgan fingerprint density at radius 3 is 2.85 bits per heavy atom. The van der Waals surface area contributed by atoms with Gasteiger partial charge in [-0.25, -0.2) is 0 Å². The Balaban J connectivity index is 2.31. The second-order valence-electron chi connectivity index (χ2n) is 2.95. The van der Waals surface area contributed by atoms with Crippen molar-refractivity contribution in [2.45, 2.75) is 25.6 Å². The zero-order chi connectivity index (χ0) is 9.52. The summed E-state index contributed by atoms with van der Waals surface area (Å²) in [7, 11) is 1.92. The summed E-state index contributed by atoms with van der Waals surface area (Å²) in [5.41, 5.74) is 0. The highest BCUT2D eigenvalue weighted by molar-refractivity contribution is 7.98. The van der Waals surface area contributed by atoms with Crippen LogP contribution in [0.4, 0.5) is 0 Å². The summed E-state index contributed by atoms with van der Waals surface area (Å²) in [6.07, 6.45) is 1.23. The van der Waals surface area contributed by atoms with Crippen molar-refractivity contribution in [3.8, 4) is 0 Å². The van der Waals surface area contributed by atoms with Gasteiger partial charge < -0.3 is 9.73 Å². The number of furan rings is 1. The molecule has 0 amide bonds. The van der Waals surface area contributed by atoms with Gasteiger partial charge in [0.1, 0.15) is 11.5 Å². The molecule has 0 fully saturated rings. The molecule has 0 bridgehead atoms. The summed E-state index contributed by atoms with van der Waals surface area (Å²) in [4.78, 5) is 0.